The van der Waals surface area contributed by atoms with Crippen LogP contribution in [0.25, 0.3) is 10.8 Å². The number of hydrogen-bond donors (Lipinski definition) is 1. The van der Waals surface area contributed by atoms with Gasteiger partial charge in [-0.2, -0.15) is 5.10 Å². The molecule has 0 radical (unpaired) electrons. The molecule has 0 saturated heterocycles. The molecule has 0 spiro atoms. The Labute approximate surface area is 185 Å². The lowest BCUT2D eigenvalue weighted by molar-refractivity contribution is 0.0957. The molecule has 1 N–H and O–H groups in total. The van der Waals surface area contributed by atoms with Crippen LogP contribution in [0.3, 0.4) is 0 Å². The number of halogens is 2. The van der Waals surface area contributed by atoms with E-state index in [9.17, 15) is 4.79 Å². The Balaban J connectivity index is 1.76. The first-order valence-corrected chi connectivity index (χ1v) is 10.6. The number of carbonyl (C=O) groups is 1. The maximum absolute atomic E-state index is 12.5. The standard InChI is InChI=1S/C21H18I2N2O2/c1-13(2)27-20-18(22)10-14(11-19(20)23)12-24-25-21(26)17-9-5-7-15-6-3-4-8-16(15)17/h3-13H,1-2H3,(H,25,26)/b24-12-. The van der Waals surface area contributed by atoms with E-state index in [1.807, 2.05) is 62.4 Å². The van der Waals surface area contributed by atoms with Crippen LogP contribution in [0.15, 0.2) is 59.7 Å². The van der Waals surface area contributed by atoms with Gasteiger partial charge in [-0.05, 0) is 93.6 Å². The van der Waals surface area contributed by atoms with Gasteiger partial charge in [-0.3, -0.25) is 4.79 Å². The van der Waals surface area contributed by atoms with Crippen molar-refractivity contribution in [2.75, 3.05) is 0 Å². The minimum absolute atomic E-state index is 0.117. The van der Waals surface area contributed by atoms with E-state index >= 15 is 0 Å². The number of fused-ring (bicyclic) bond motifs is 1. The number of nitrogens with zero attached hydrogens (tertiary/aromatic N) is 1. The van der Waals surface area contributed by atoms with E-state index in [2.05, 4.69) is 55.7 Å². The number of carbonyl (C=O) groups excluding carboxylic acids is 1. The predicted octanol–water partition coefficient (Wildman–Crippen LogP) is 5.60. The van der Waals surface area contributed by atoms with E-state index < -0.39 is 0 Å². The molecule has 138 valence electrons. The second-order valence-electron chi connectivity index (χ2n) is 6.21. The third-order valence-corrected chi connectivity index (χ3v) is 5.39. The Hall–Kier alpha value is -1.68. The Morgan fingerprint density at radius 2 is 1.74 bits per heavy atom. The number of benzene rings is 3. The van der Waals surface area contributed by atoms with Crippen LogP contribution >= 0.6 is 45.2 Å². The van der Waals surface area contributed by atoms with E-state index in [1.165, 1.54) is 0 Å². The summed E-state index contributed by atoms with van der Waals surface area (Å²) in [5.41, 5.74) is 4.13. The molecule has 27 heavy (non-hydrogen) atoms. The minimum atomic E-state index is -0.229. The number of amides is 1. The zero-order valence-corrected chi connectivity index (χ0v) is 19.2. The normalized spacial score (nSPS) is 11.3. The Kier molecular flexibility index (Phi) is 6.69. The van der Waals surface area contributed by atoms with E-state index in [0.29, 0.717) is 5.56 Å². The van der Waals surface area contributed by atoms with Crippen molar-refractivity contribution in [1.29, 1.82) is 0 Å². The summed E-state index contributed by atoms with van der Waals surface area (Å²) in [7, 11) is 0. The average molecular weight is 584 g/mol. The maximum Gasteiger partial charge on any atom is 0.271 e. The lowest BCUT2D eigenvalue weighted by Crippen LogP contribution is -2.18. The van der Waals surface area contributed by atoms with Gasteiger partial charge in [-0.1, -0.05) is 36.4 Å². The van der Waals surface area contributed by atoms with Gasteiger partial charge in [-0.15, -0.1) is 0 Å². The largest absolute Gasteiger partial charge is 0.489 e. The van der Waals surface area contributed by atoms with Crippen LogP contribution in [-0.4, -0.2) is 18.2 Å². The van der Waals surface area contributed by atoms with Gasteiger partial charge in [0.15, 0.2) is 0 Å². The van der Waals surface area contributed by atoms with Crippen molar-refractivity contribution < 1.29 is 9.53 Å². The summed E-state index contributed by atoms with van der Waals surface area (Å²) >= 11 is 4.50. The summed E-state index contributed by atoms with van der Waals surface area (Å²) in [6.07, 6.45) is 1.76. The monoisotopic (exact) mass is 584 g/mol. The molecule has 0 fully saturated rings. The van der Waals surface area contributed by atoms with Crippen molar-refractivity contribution in [3.05, 3.63) is 72.9 Å². The molecule has 0 heterocycles. The van der Waals surface area contributed by atoms with Crippen LogP contribution in [-0.2, 0) is 0 Å². The summed E-state index contributed by atoms with van der Waals surface area (Å²) in [4.78, 5) is 12.5. The summed E-state index contributed by atoms with van der Waals surface area (Å²) in [5, 5.41) is 6.06. The first-order chi connectivity index (χ1) is 13.0. The highest BCUT2D eigenvalue weighted by Gasteiger charge is 2.11. The lowest BCUT2D eigenvalue weighted by atomic mass is 10.0. The van der Waals surface area contributed by atoms with Crippen LogP contribution in [0.4, 0.5) is 0 Å². The van der Waals surface area contributed by atoms with Crippen molar-refractivity contribution in [3.63, 3.8) is 0 Å². The maximum atomic E-state index is 12.5. The van der Waals surface area contributed by atoms with Crippen LogP contribution in [0.2, 0.25) is 0 Å². The van der Waals surface area contributed by atoms with Crippen molar-refractivity contribution in [2.45, 2.75) is 20.0 Å². The molecule has 0 unspecified atom stereocenters. The lowest BCUT2D eigenvalue weighted by Gasteiger charge is -2.14. The quantitative estimate of drug-likeness (QED) is 0.241. The van der Waals surface area contributed by atoms with E-state index in [0.717, 1.165) is 29.2 Å². The molecule has 1 amide bonds. The predicted molar refractivity (Wildman–Crippen MR) is 127 cm³/mol. The number of hydrogen-bond acceptors (Lipinski definition) is 3. The van der Waals surface area contributed by atoms with Gasteiger partial charge in [0.2, 0.25) is 0 Å². The van der Waals surface area contributed by atoms with E-state index in [4.69, 9.17) is 4.74 Å². The van der Waals surface area contributed by atoms with Crippen molar-refractivity contribution in [2.24, 2.45) is 5.10 Å². The highest BCUT2D eigenvalue weighted by Crippen LogP contribution is 2.29. The third kappa shape index (κ3) is 4.98. The second kappa shape index (κ2) is 9.01. The molecule has 0 aliphatic heterocycles. The molecule has 0 atom stereocenters. The first-order valence-electron chi connectivity index (χ1n) is 8.42. The minimum Gasteiger partial charge on any atom is -0.489 e. The molecular weight excluding hydrogens is 566 g/mol. The van der Waals surface area contributed by atoms with E-state index in [1.54, 1.807) is 12.3 Å². The molecule has 0 bridgehead atoms. The highest BCUT2D eigenvalue weighted by atomic mass is 127. The molecule has 4 nitrogen and oxygen atoms in total. The number of hydrazone groups is 1. The van der Waals surface area contributed by atoms with Crippen LogP contribution in [0.1, 0.15) is 29.8 Å². The van der Waals surface area contributed by atoms with Gasteiger partial charge in [-0.25, -0.2) is 5.43 Å². The fourth-order valence-electron chi connectivity index (χ4n) is 2.65. The molecule has 0 saturated carbocycles. The van der Waals surface area contributed by atoms with Gasteiger partial charge >= 0.3 is 0 Å². The Morgan fingerprint density at radius 3 is 2.44 bits per heavy atom. The number of rotatable bonds is 5. The van der Waals surface area contributed by atoms with Crippen molar-refractivity contribution in [3.8, 4) is 5.75 Å². The average Bonchev–Trinajstić information content (AvgIpc) is 2.64. The first kappa shape index (κ1) is 20.1. The summed E-state index contributed by atoms with van der Waals surface area (Å²) in [6, 6.07) is 17.4. The zero-order chi connectivity index (χ0) is 19.4. The molecular formula is C21H18I2N2O2. The highest BCUT2D eigenvalue weighted by molar-refractivity contribution is 14.1. The van der Waals surface area contributed by atoms with Crippen LogP contribution < -0.4 is 10.2 Å². The fourth-order valence-corrected chi connectivity index (χ4v) is 4.72. The molecule has 0 aliphatic carbocycles. The summed E-state index contributed by atoms with van der Waals surface area (Å²) in [6.45, 7) is 4.01. The zero-order valence-electron chi connectivity index (χ0n) is 14.9. The molecule has 3 aromatic rings. The van der Waals surface area contributed by atoms with Gasteiger partial charge in [0, 0.05) is 5.56 Å². The molecule has 3 rings (SSSR count). The smallest absolute Gasteiger partial charge is 0.271 e. The molecule has 6 heteroatoms. The van der Waals surface area contributed by atoms with Crippen LogP contribution in [0, 0.1) is 7.14 Å². The van der Waals surface area contributed by atoms with Crippen molar-refractivity contribution >= 4 is 68.1 Å². The SMILES string of the molecule is CC(C)Oc1c(I)cc(/C=N\NC(=O)c2cccc3ccccc23)cc1I. The molecule has 0 aromatic heterocycles. The van der Waals surface area contributed by atoms with Gasteiger partial charge in [0.1, 0.15) is 5.75 Å². The van der Waals surface area contributed by atoms with Gasteiger partial charge in [0.25, 0.3) is 5.91 Å². The Morgan fingerprint density at radius 1 is 1.07 bits per heavy atom. The topological polar surface area (TPSA) is 50.7 Å². The van der Waals surface area contributed by atoms with Gasteiger partial charge < -0.3 is 4.74 Å². The fraction of sp³-hybridized carbons (Fsp3) is 0.143. The van der Waals surface area contributed by atoms with Crippen molar-refractivity contribution in [1.82, 2.24) is 5.43 Å². The van der Waals surface area contributed by atoms with Crippen LogP contribution in [0.5, 0.6) is 5.75 Å². The Bertz CT molecular complexity index is 988. The second-order valence-corrected chi connectivity index (χ2v) is 8.53. The van der Waals surface area contributed by atoms with E-state index in [-0.39, 0.29) is 12.0 Å². The third-order valence-electron chi connectivity index (χ3n) is 3.79. The summed E-state index contributed by atoms with van der Waals surface area (Å²) < 4.78 is 7.86. The summed E-state index contributed by atoms with van der Waals surface area (Å²) in [5.74, 6) is 0.648. The number of ether oxygens (including phenoxy) is 1. The number of nitrogens with one attached hydrogen (secondary N) is 1. The van der Waals surface area contributed by atoms with Gasteiger partial charge in [0.05, 0.1) is 19.5 Å². The molecule has 0 aliphatic rings. The molecule has 3 aromatic carbocycles.